The van der Waals surface area contributed by atoms with Crippen LogP contribution >= 0.6 is 23.2 Å². The first-order chi connectivity index (χ1) is 13.7. The smallest absolute Gasteiger partial charge is 0.162 e. The summed E-state index contributed by atoms with van der Waals surface area (Å²) < 4.78 is 6.13. The van der Waals surface area contributed by atoms with Crippen molar-refractivity contribution in [3.63, 3.8) is 0 Å². The average Bonchev–Trinajstić information content (AvgIpc) is 3.11. The number of dihydropyridines is 1. The van der Waals surface area contributed by atoms with Crippen LogP contribution in [0.2, 0.25) is 10.0 Å². The molecule has 0 saturated carbocycles. The molecule has 148 valence electrons. The fourth-order valence-electron chi connectivity index (χ4n) is 4.18. The number of halogens is 2. The van der Waals surface area contributed by atoms with Crippen molar-refractivity contribution in [2.45, 2.75) is 39.5 Å². The van der Waals surface area contributed by atoms with E-state index in [0.717, 1.165) is 23.4 Å². The Morgan fingerprint density at radius 3 is 2.62 bits per heavy atom. The van der Waals surface area contributed by atoms with Crippen molar-refractivity contribution in [3.05, 3.63) is 68.7 Å². The van der Waals surface area contributed by atoms with Gasteiger partial charge in [0.05, 0.1) is 27.6 Å². The minimum absolute atomic E-state index is 0.0569. The third-order valence-corrected chi connectivity index (χ3v) is 6.21. The molecule has 0 radical (unpaired) electrons. The first kappa shape index (κ1) is 19.8. The zero-order valence-corrected chi connectivity index (χ0v) is 17.9. The number of furan rings is 1. The lowest BCUT2D eigenvalue weighted by Crippen LogP contribution is -2.36. The van der Waals surface area contributed by atoms with E-state index in [1.165, 1.54) is 0 Å². The third-order valence-electron chi connectivity index (χ3n) is 5.48. The second-order valence-electron chi connectivity index (χ2n) is 8.37. The van der Waals surface area contributed by atoms with E-state index in [4.69, 9.17) is 27.6 Å². The van der Waals surface area contributed by atoms with Gasteiger partial charge in [0, 0.05) is 29.0 Å². The predicted molar refractivity (Wildman–Crippen MR) is 113 cm³/mol. The SMILES string of the molecule is CC1=C(C#N)[C@H](c2ccc(-c3ccc(Cl)c(Cl)c3)o2)C2=C(CC(C)(C)CC2=O)N1. The summed E-state index contributed by atoms with van der Waals surface area (Å²) in [4.78, 5) is 13.1. The van der Waals surface area contributed by atoms with Crippen LogP contribution in [0, 0.1) is 16.7 Å². The molecule has 4 rings (SSSR count). The van der Waals surface area contributed by atoms with Crippen molar-refractivity contribution in [2.75, 3.05) is 0 Å². The van der Waals surface area contributed by atoms with Crippen molar-refractivity contribution >= 4 is 29.0 Å². The average molecular weight is 427 g/mol. The van der Waals surface area contributed by atoms with Crippen molar-refractivity contribution < 1.29 is 9.21 Å². The molecule has 1 aromatic carbocycles. The van der Waals surface area contributed by atoms with Crippen LogP contribution in [0.4, 0.5) is 0 Å². The highest BCUT2D eigenvalue weighted by Gasteiger charge is 2.42. The molecule has 1 aromatic heterocycles. The van der Waals surface area contributed by atoms with E-state index in [1.54, 1.807) is 12.1 Å². The maximum absolute atomic E-state index is 13.1. The minimum atomic E-state index is -0.503. The minimum Gasteiger partial charge on any atom is -0.460 e. The molecule has 1 aliphatic heterocycles. The standard InChI is InChI=1S/C23H20Cl2N2O2/c1-12-14(11-26)21(22-17(27-12)9-23(2,3)10-18(22)28)20-7-6-19(29-20)13-4-5-15(24)16(25)8-13/h4-8,21,27H,9-10H2,1-3H3/t21-/m1/s1. The number of nitrogens with zero attached hydrogens (tertiary/aromatic N) is 1. The lowest BCUT2D eigenvalue weighted by molar-refractivity contribution is -0.118. The number of hydrogen-bond acceptors (Lipinski definition) is 4. The highest BCUT2D eigenvalue weighted by Crippen LogP contribution is 2.47. The van der Waals surface area contributed by atoms with Gasteiger partial charge in [-0.1, -0.05) is 37.0 Å². The van der Waals surface area contributed by atoms with Gasteiger partial charge in [-0.2, -0.15) is 5.26 Å². The highest BCUT2D eigenvalue weighted by molar-refractivity contribution is 6.42. The molecule has 0 spiro atoms. The van der Waals surface area contributed by atoms with Gasteiger partial charge in [0.25, 0.3) is 0 Å². The Hall–Kier alpha value is -2.48. The molecule has 2 aliphatic rings. The normalized spacial score (nSPS) is 21.0. The molecule has 0 fully saturated rings. The number of carbonyl (C=O) groups excluding carboxylic acids is 1. The van der Waals surface area contributed by atoms with Crippen molar-refractivity contribution in [1.29, 1.82) is 5.26 Å². The van der Waals surface area contributed by atoms with Crippen LogP contribution in [0.15, 0.2) is 57.3 Å². The van der Waals surface area contributed by atoms with Crippen LogP contribution in [0.25, 0.3) is 11.3 Å². The van der Waals surface area contributed by atoms with Crippen LogP contribution in [0.1, 0.15) is 45.3 Å². The topological polar surface area (TPSA) is 66.0 Å². The zero-order chi connectivity index (χ0) is 20.9. The quantitative estimate of drug-likeness (QED) is 0.604. The van der Waals surface area contributed by atoms with Gasteiger partial charge in [0.1, 0.15) is 11.5 Å². The summed E-state index contributed by atoms with van der Waals surface area (Å²) in [7, 11) is 0. The predicted octanol–water partition coefficient (Wildman–Crippen LogP) is 6.38. The maximum Gasteiger partial charge on any atom is 0.162 e. The van der Waals surface area contributed by atoms with Crippen LogP contribution in [0.5, 0.6) is 0 Å². The molecule has 1 N–H and O–H groups in total. The van der Waals surface area contributed by atoms with Crippen molar-refractivity contribution in [2.24, 2.45) is 5.41 Å². The molecule has 2 aromatic rings. The van der Waals surface area contributed by atoms with Gasteiger partial charge in [0.15, 0.2) is 5.78 Å². The van der Waals surface area contributed by atoms with Gasteiger partial charge in [-0.25, -0.2) is 0 Å². The number of hydrogen-bond donors (Lipinski definition) is 1. The highest BCUT2D eigenvalue weighted by atomic mass is 35.5. The Kier molecular flexibility index (Phi) is 4.85. The van der Waals surface area contributed by atoms with E-state index in [-0.39, 0.29) is 11.2 Å². The van der Waals surface area contributed by atoms with E-state index in [1.807, 2.05) is 25.1 Å². The number of rotatable bonds is 2. The number of benzene rings is 1. The summed E-state index contributed by atoms with van der Waals surface area (Å²) in [6.07, 6.45) is 1.20. The molecule has 29 heavy (non-hydrogen) atoms. The maximum atomic E-state index is 13.1. The second-order valence-corrected chi connectivity index (χ2v) is 9.19. The fraction of sp³-hybridized carbons (Fsp3) is 0.304. The van der Waals surface area contributed by atoms with Crippen molar-refractivity contribution in [3.8, 4) is 17.4 Å². The molecule has 1 aliphatic carbocycles. The Labute approximate surface area is 179 Å². The second kappa shape index (κ2) is 7.09. The number of nitriles is 1. The molecule has 0 bridgehead atoms. The molecule has 0 saturated heterocycles. The number of allylic oxidation sites excluding steroid dienone is 4. The lowest BCUT2D eigenvalue weighted by atomic mass is 9.70. The van der Waals surface area contributed by atoms with E-state index in [0.29, 0.717) is 39.1 Å². The lowest BCUT2D eigenvalue weighted by Gasteiger charge is -2.38. The fourth-order valence-corrected chi connectivity index (χ4v) is 4.48. The molecule has 6 heteroatoms. The van der Waals surface area contributed by atoms with Crippen LogP contribution in [-0.4, -0.2) is 5.78 Å². The summed E-state index contributed by atoms with van der Waals surface area (Å²) in [5.74, 6) is 0.736. The Balaban J connectivity index is 1.81. The van der Waals surface area contributed by atoms with Gasteiger partial charge >= 0.3 is 0 Å². The first-order valence-electron chi connectivity index (χ1n) is 9.39. The monoisotopic (exact) mass is 426 g/mol. The zero-order valence-electron chi connectivity index (χ0n) is 16.4. The largest absolute Gasteiger partial charge is 0.460 e. The number of ketones is 1. The summed E-state index contributed by atoms with van der Waals surface area (Å²) >= 11 is 12.1. The van der Waals surface area contributed by atoms with E-state index in [9.17, 15) is 10.1 Å². The van der Waals surface area contributed by atoms with Gasteiger partial charge in [-0.3, -0.25) is 4.79 Å². The molecule has 4 nitrogen and oxygen atoms in total. The molecular formula is C23H20Cl2N2O2. The van der Waals surface area contributed by atoms with Crippen LogP contribution < -0.4 is 5.32 Å². The molecule has 2 heterocycles. The first-order valence-corrected chi connectivity index (χ1v) is 10.1. The van der Waals surface area contributed by atoms with E-state index < -0.39 is 5.92 Å². The summed E-state index contributed by atoms with van der Waals surface area (Å²) in [6, 6.07) is 11.2. The van der Waals surface area contributed by atoms with Crippen LogP contribution in [-0.2, 0) is 4.79 Å². The Bertz CT molecular complexity index is 1130. The molecule has 0 amide bonds. The van der Waals surface area contributed by atoms with Crippen molar-refractivity contribution in [1.82, 2.24) is 5.32 Å². The van der Waals surface area contributed by atoms with E-state index >= 15 is 0 Å². The molecule has 0 unspecified atom stereocenters. The van der Waals surface area contributed by atoms with Gasteiger partial charge in [0.2, 0.25) is 0 Å². The number of nitrogens with one attached hydrogen (secondary N) is 1. The Morgan fingerprint density at radius 2 is 1.93 bits per heavy atom. The number of carbonyl (C=O) groups is 1. The van der Waals surface area contributed by atoms with Gasteiger partial charge < -0.3 is 9.73 Å². The van der Waals surface area contributed by atoms with Crippen LogP contribution in [0.3, 0.4) is 0 Å². The number of Topliss-reactive ketones (excluding diaryl/α,β-unsaturated/α-hetero) is 1. The Morgan fingerprint density at radius 1 is 1.17 bits per heavy atom. The summed E-state index contributed by atoms with van der Waals surface area (Å²) in [5.41, 5.74) is 3.46. The van der Waals surface area contributed by atoms with Gasteiger partial charge in [-0.15, -0.1) is 0 Å². The summed E-state index contributed by atoms with van der Waals surface area (Å²) in [5, 5.41) is 14.0. The molecular weight excluding hydrogens is 407 g/mol. The van der Waals surface area contributed by atoms with E-state index in [2.05, 4.69) is 25.2 Å². The van der Waals surface area contributed by atoms with Gasteiger partial charge in [-0.05, 0) is 49.1 Å². The third kappa shape index (κ3) is 3.50. The summed E-state index contributed by atoms with van der Waals surface area (Å²) in [6.45, 7) is 6.03. The molecule has 1 atom stereocenters.